The quantitative estimate of drug-likeness (QED) is 0.831. The van der Waals surface area contributed by atoms with Crippen LogP contribution in [0.15, 0.2) is 12.1 Å². The van der Waals surface area contributed by atoms with Crippen molar-refractivity contribution in [1.29, 1.82) is 0 Å². The third kappa shape index (κ3) is 2.79. The number of benzene rings is 1. The first-order valence-corrected chi connectivity index (χ1v) is 5.52. The summed E-state index contributed by atoms with van der Waals surface area (Å²) in [6, 6.07) is 1.63. The van der Waals surface area contributed by atoms with Gasteiger partial charge in [0, 0.05) is 13.0 Å². The summed E-state index contributed by atoms with van der Waals surface area (Å²) in [6.45, 7) is 0.642. The number of hydrogen-bond donors (Lipinski definition) is 1. The van der Waals surface area contributed by atoms with Crippen LogP contribution in [-0.2, 0) is 4.74 Å². The molecule has 0 spiro atoms. The van der Waals surface area contributed by atoms with E-state index >= 15 is 0 Å². The SMILES string of the molecule is OC(CC1CCCO1)c1cc(F)c(F)c(F)c1. The van der Waals surface area contributed by atoms with E-state index in [2.05, 4.69) is 0 Å². The van der Waals surface area contributed by atoms with Crippen LogP contribution in [0.1, 0.15) is 30.9 Å². The number of ether oxygens (including phenoxy) is 1. The van der Waals surface area contributed by atoms with E-state index in [-0.39, 0.29) is 18.1 Å². The zero-order chi connectivity index (χ0) is 12.4. The topological polar surface area (TPSA) is 29.5 Å². The molecule has 0 aromatic heterocycles. The first-order valence-electron chi connectivity index (χ1n) is 5.52. The van der Waals surface area contributed by atoms with E-state index in [9.17, 15) is 18.3 Å². The molecule has 1 aliphatic rings. The van der Waals surface area contributed by atoms with Crippen molar-refractivity contribution in [2.24, 2.45) is 0 Å². The Hall–Kier alpha value is -1.07. The average Bonchev–Trinajstić information content (AvgIpc) is 2.77. The molecule has 1 aromatic carbocycles. The molecule has 0 radical (unpaired) electrons. The Bertz CT molecular complexity index is 380. The predicted octanol–water partition coefficient (Wildman–Crippen LogP) is 2.71. The molecule has 1 heterocycles. The van der Waals surface area contributed by atoms with Crippen molar-refractivity contribution < 1.29 is 23.0 Å². The molecule has 2 atom stereocenters. The molecule has 17 heavy (non-hydrogen) atoms. The van der Waals surface area contributed by atoms with Gasteiger partial charge < -0.3 is 9.84 Å². The van der Waals surface area contributed by atoms with Crippen LogP contribution in [0.5, 0.6) is 0 Å². The fourth-order valence-corrected chi connectivity index (χ4v) is 1.98. The molecule has 2 rings (SSSR count). The lowest BCUT2D eigenvalue weighted by molar-refractivity contribution is 0.0532. The molecule has 0 bridgehead atoms. The van der Waals surface area contributed by atoms with Crippen LogP contribution in [0.4, 0.5) is 13.2 Å². The lowest BCUT2D eigenvalue weighted by atomic mass is 10.0. The van der Waals surface area contributed by atoms with Crippen molar-refractivity contribution in [3.05, 3.63) is 35.1 Å². The molecule has 2 nitrogen and oxygen atoms in total. The highest BCUT2D eigenvalue weighted by Gasteiger charge is 2.22. The van der Waals surface area contributed by atoms with Crippen molar-refractivity contribution >= 4 is 0 Å². The first kappa shape index (κ1) is 12.4. The molecule has 0 aliphatic carbocycles. The minimum atomic E-state index is -1.52. The third-order valence-electron chi connectivity index (χ3n) is 2.90. The second kappa shape index (κ2) is 5.06. The highest BCUT2D eigenvalue weighted by molar-refractivity contribution is 5.21. The Balaban J connectivity index is 2.10. The standard InChI is InChI=1S/C12H13F3O2/c13-9-4-7(5-10(14)12(9)15)11(16)6-8-2-1-3-17-8/h4-5,8,11,16H,1-3,6H2. The number of hydrogen-bond acceptors (Lipinski definition) is 2. The van der Waals surface area contributed by atoms with E-state index in [1.165, 1.54) is 0 Å². The van der Waals surface area contributed by atoms with E-state index in [0.29, 0.717) is 6.61 Å². The van der Waals surface area contributed by atoms with Gasteiger partial charge in [-0.1, -0.05) is 0 Å². The van der Waals surface area contributed by atoms with Gasteiger partial charge in [-0.25, -0.2) is 13.2 Å². The third-order valence-corrected chi connectivity index (χ3v) is 2.90. The molecule has 1 aliphatic heterocycles. The number of rotatable bonds is 3. The lowest BCUT2D eigenvalue weighted by Gasteiger charge is -2.15. The van der Waals surface area contributed by atoms with Crippen LogP contribution in [0, 0.1) is 17.5 Å². The fraction of sp³-hybridized carbons (Fsp3) is 0.500. The summed E-state index contributed by atoms with van der Waals surface area (Å²) in [4.78, 5) is 0. The van der Waals surface area contributed by atoms with Crippen LogP contribution in [0.3, 0.4) is 0 Å². The second-order valence-electron chi connectivity index (χ2n) is 4.19. The average molecular weight is 246 g/mol. The molecule has 5 heteroatoms. The second-order valence-corrected chi connectivity index (χ2v) is 4.19. The number of aliphatic hydroxyl groups excluding tert-OH is 1. The fourth-order valence-electron chi connectivity index (χ4n) is 1.98. The Morgan fingerprint density at radius 2 is 1.94 bits per heavy atom. The van der Waals surface area contributed by atoms with Gasteiger partial charge in [-0.05, 0) is 30.5 Å². The van der Waals surface area contributed by atoms with Gasteiger partial charge in [0.25, 0.3) is 0 Å². The summed E-state index contributed by atoms with van der Waals surface area (Å²) >= 11 is 0. The number of halogens is 3. The molecule has 94 valence electrons. The molecule has 0 amide bonds. The maximum Gasteiger partial charge on any atom is 0.194 e. The monoisotopic (exact) mass is 246 g/mol. The van der Waals surface area contributed by atoms with Gasteiger partial charge in [-0.15, -0.1) is 0 Å². The minimum absolute atomic E-state index is 0.0388. The molecule has 1 aromatic rings. The molecule has 0 saturated carbocycles. The highest BCUT2D eigenvalue weighted by atomic mass is 19.2. The van der Waals surface area contributed by atoms with E-state index in [1.54, 1.807) is 0 Å². The normalized spacial score (nSPS) is 21.8. The van der Waals surface area contributed by atoms with Crippen LogP contribution in [-0.4, -0.2) is 17.8 Å². The van der Waals surface area contributed by atoms with Crippen molar-refractivity contribution in [3.8, 4) is 0 Å². The van der Waals surface area contributed by atoms with E-state index in [0.717, 1.165) is 25.0 Å². The molecular formula is C12H13F3O2. The van der Waals surface area contributed by atoms with Crippen LogP contribution in [0.25, 0.3) is 0 Å². The number of aliphatic hydroxyl groups is 1. The first-order chi connectivity index (χ1) is 8.08. The Labute approximate surface area is 97.0 Å². The molecule has 2 unspecified atom stereocenters. The van der Waals surface area contributed by atoms with Gasteiger partial charge in [-0.3, -0.25) is 0 Å². The van der Waals surface area contributed by atoms with Gasteiger partial charge in [0.1, 0.15) is 0 Å². The maximum atomic E-state index is 13.0. The highest BCUT2D eigenvalue weighted by Crippen LogP contribution is 2.26. The summed E-state index contributed by atoms with van der Waals surface area (Å²) in [5.41, 5.74) is 0.0388. The Kier molecular flexibility index (Phi) is 3.69. The molecule has 1 N–H and O–H groups in total. The van der Waals surface area contributed by atoms with Crippen molar-refractivity contribution in [1.82, 2.24) is 0 Å². The van der Waals surface area contributed by atoms with E-state index in [4.69, 9.17) is 4.74 Å². The van der Waals surface area contributed by atoms with Crippen LogP contribution < -0.4 is 0 Å². The summed E-state index contributed by atoms with van der Waals surface area (Å²) in [5.74, 6) is -4.09. The molecule has 1 fully saturated rings. The summed E-state index contributed by atoms with van der Waals surface area (Å²) in [6.07, 6.45) is 0.876. The van der Waals surface area contributed by atoms with Gasteiger partial charge in [0.2, 0.25) is 0 Å². The summed E-state index contributed by atoms with van der Waals surface area (Å²) < 4.78 is 43.9. The zero-order valence-electron chi connectivity index (χ0n) is 9.13. The lowest BCUT2D eigenvalue weighted by Crippen LogP contribution is -2.12. The van der Waals surface area contributed by atoms with Gasteiger partial charge in [0.15, 0.2) is 17.5 Å². The van der Waals surface area contributed by atoms with Gasteiger partial charge in [-0.2, -0.15) is 0 Å². The maximum absolute atomic E-state index is 13.0. The summed E-state index contributed by atoms with van der Waals surface area (Å²) in [5, 5.41) is 9.78. The Morgan fingerprint density at radius 3 is 2.47 bits per heavy atom. The molecule has 1 saturated heterocycles. The van der Waals surface area contributed by atoms with Crippen molar-refractivity contribution in [2.75, 3.05) is 6.61 Å². The van der Waals surface area contributed by atoms with Crippen molar-refractivity contribution in [3.63, 3.8) is 0 Å². The van der Waals surface area contributed by atoms with Crippen LogP contribution in [0.2, 0.25) is 0 Å². The largest absolute Gasteiger partial charge is 0.388 e. The van der Waals surface area contributed by atoms with Gasteiger partial charge >= 0.3 is 0 Å². The van der Waals surface area contributed by atoms with Crippen molar-refractivity contribution in [2.45, 2.75) is 31.5 Å². The Morgan fingerprint density at radius 1 is 1.29 bits per heavy atom. The van der Waals surface area contributed by atoms with Gasteiger partial charge in [0.05, 0.1) is 12.2 Å². The predicted molar refractivity (Wildman–Crippen MR) is 54.9 cm³/mol. The van der Waals surface area contributed by atoms with E-state index in [1.807, 2.05) is 0 Å². The van der Waals surface area contributed by atoms with Crippen LogP contribution >= 0.6 is 0 Å². The zero-order valence-corrected chi connectivity index (χ0v) is 9.13. The smallest absolute Gasteiger partial charge is 0.194 e. The molecular weight excluding hydrogens is 233 g/mol. The summed E-state index contributed by atoms with van der Waals surface area (Å²) in [7, 11) is 0. The van der Waals surface area contributed by atoms with E-state index < -0.39 is 23.6 Å². The minimum Gasteiger partial charge on any atom is -0.388 e.